The summed E-state index contributed by atoms with van der Waals surface area (Å²) in [6, 6.07) is 5.85. The first kappa shape index (κ1) is 13.3. The number of rotatable bonds is 3. The maximum Gasteiger partial charge on any atom is 0.339 e. The highest BCUT2D eigenvalue weighted by Crippen LogP contribution is 2.39. The molecule has 0 spiro atoms. The summed E-state index contributed by atoms with van der Waals surface area (Å²) < 4.78 is 5.64. The van der Waals surface area contributed by atoms with Gasteiger partial charge in [0.2, 0.25) is 0 Å². The Kier molecular flexibility index (Phi) is 3.55. The molecule has 1 aromatic rings. The molecule has 0 bridgehead atoms. The minimum atomic E-state index is -0.919. The topological polar surface area (TPSA) is 49.8 Å². The van der Waals surface area contributed by atoms with Crippen LogP contribution in [0.5, 0.6) is 5.75 Å². The first-order chi connectivity index (χ1) is 9.68. The van der Waals surface area contributed by atoms with Gasteiger partial charge in [-0.1, -0.05) is 18.9 Å². The van der Waals surface area contributed by atoms with E-state index in [0.717, 1.165) is 18.2 Å². The molecule has 0 aromatic heterocycles. The maximum absolute atomic E-state index is 11.3. The number of carbonyl (C=O) groups is 1. The van der Waals surface area contributed by atoms with Gasteiger partial charge in [0, 0.05) is 6.04 Å². The number of hydrogen-bond acceptors (Lipinski definition) is 3. The Balaban J connectivity index is 1.93. The zero-order chi connectivity index (χ0) is 14.1. The van der Waals surface area contributed by atoms with Crippen molar-refractivity contribution >= 4 is 11.7 Å². The van der Waals surface area contributed by atoms with Crippen molar-refractivity contribution in [2.45, 2.75) is 38.6 Å². The van der Waals surface area contributed by atoms with Crippen molar-refractivity contribution in [1.29, 1.82) is 0 Å². The molecule has 1 aromatic carbocycles. The van der Waals surface area contributed by atoms with E-state index in [0.29, 0.717) is 18.4 Å². The van der Waals surface area contributed by atoms with Crippen LogP contribution in [0, 0.1) is 5.92 Å². The number of nitrogens with zero attached hydrogens (tertiary/aromatic N) is 1. The lowest BCUT2D eigenvalue weighted by Gasteiger charge is -2.39. The maximum atomic E-state index is 11.3. The highest BCUT2D eigenvalue weighted by molar-refractivity contribution is 5.93. The molecule has 4 nitrogen and oxygen atoms in total. The van der Waals surface area contributed by atoms with Crippen LogP contribution in [0.15, 0.2) is 18.2 Å². The van der Waals surface area contributed by atoms with Crippen LogP contribution in [0.4, 0.5) is 5.69 Å². The van der Waals surface area contributed by atoms with Crippen molar-refractivity contribution in [2.24, 2.45) is 5.92 Å². The first-order valence-corrected chi connectivity index (χ1v) is 7.44. The third-order valence-electron chi connectivity index (χ3n) is 4.69. The van der Waals surface area contributed by atoms with Gasteiger partial charge in [-0.25, -0.2) is 4.79 Å². The molecule has 1 aliphatic carbocycles. The van der Waals surface area contributed by atoms with Gasteiger partial charge >= 0.3 is 5.97 Å². The quantitative estimate of drug-likeness (QED) is 0.920. The highest BCUT2D eigenvalue weighted by atomic mass is 16.5. The molecule has 0 amide bonds. The minimum absolute atomic E-state index is 0.269. The van der Waals surface area contributed by atoms with E-state index in [1.807, 2.05) is 12.1 Å². The van der Waals surface area contributed by atoms with E-state index in [-0.39, 0.29) is 5.56 Å². The number of aromatic carboxylic acids is 1. The fourth-order valence-electron chi connectivity index (χ4n) is 3.55. The average molecular weight is 275 g/mol. The standard InChI is InChI=1S/C16H21NO3/c1-11(12-5-2-3-6-12)17-9-10-20-15-13(16(18)19)7-4-8-14(15)17/h4,7-8,11-12H,2-3,5-6,9-10H2,1H3,(H,18,19). The average Bonchev–Trinajstić information content (AvgIpc) is 2.99. The Labute approximate surface area is 119 Å². The zero-order valence-corrected chi connectivity index (χ0v) is 11.8. The molecule has 2 aliphatic rings. The van der Waals surface area contributed by atoms with E-state index in [9.17, 15) is 9.90 Å². The summed E-state index contributed by atoms with van der Waals surface area (Å²) in [4.78, 5) is 13.6. The van der Waals surface area contributed by atoms with Crippen molar-refractivity contribution in [3.8, 4) is 5.75 Å². The molecule has 3 rings (SSSR count). The van der Waals surface area contributed by atoms with Gasteiger partial charge in [-0.05, 0) is 37.8 Å². The smallest absolute Gasteiger partial charge is 0.339 e. The molecule has 1 unspecified atom stereocenters. The lowest BCUT2D eigenvalue weighted by Crippen LogP contribution is -2.43. The predicted octanol–water partition coefficient (Wildman–Crippen LogP) is 3.16. The molecule has 1 aliphatic heterocycles. The second kappa shape index (κ2) is 5.35. The number of benzene rings is 1. The van der Waals surface area contributed by atoms with Gasteiger partial charge < -0.3 is 14.7 Å². The Bertz CT molecular complexity index is 508. The van der Waals surface area contributed by atoms with Crippen molar-refractivity contribution < 1.29 is 14.6 Å². The number of carboxylic acid groups (broad SMARTS) is 1. The summed E-state index contributed by atoms with van der Waals surface area (Å²) in [6.45, 7) is 3.67. The third kappa shape index (κ3) is 2.23. The third-order valence-corrected chi connectivity index (χ3v) is 4.69. The SMILES string of the molecule is CC(C1CCCC1)N1CCOc2c(C(=O)O)cccc21. The van der Waals surface area contributed by atoms with Crippen LogP contribution in [0.3, 0.4) is 0 Å². The summed E-state index contributed by atoms with van der Waals surface area (Å²) in [5.41, 5.74) is 1.21. The molecule has 0 saturated heterocycles. The molecule has 1 atom stereocenters. The fraction of sp³-hybridized carbons (Fsp3) is 0.562. The molecule has 1 N–H and O–H groups in total. The second-order valence-electron chi connectivity index (χ2n) is 5.79. The van der Waals surface area contributed by atoms with Crippen molar-refractivity contribution in [3.63, 3.8) is 0 Å². The number of para-hydroxylation sites is 1. The Hall–Kier alpha value is -1.71. The Morgan fingerprint density at radius 1 is 1.40 bits per heavy atom. The van der Waals surface area contributed by atoms with Crippen LogP contribution in [0.25, 0.3) is 0 Å². The molecule has 1 saturated carbocycles. The van der Waals surface area contributed by atoms with E-state index in [4.69, 9.17) is 4.74 Å². The number of anilines is 1. The van der Waals surface area contributed by atoms with Crippen LogP contribution in [-0.2, 0) is 0 Å². The monoisotopic (exact) mass is 275 g/mol. The van der Waals surface area contributed by atoms with E-state index in [2.05, 4.69) is 11.8 Å². The summed E-state index contributed by atoms with van der Waals surface area (Å²) in [5, 5.41) is 9.28. The van der Waals surface area contributed by atoms with Crippen molar-refractivity contribution in [1.82, 2.24) is 0 Å². The Morgan fingerprint density at radius 3 is 2.85 bits per heavy atom. The van der Waals surface area contributed by atoms with Gasteiger partial charge in [0.05, 0.1) is 12.2 Å². The molecule has 20 heavy (non-hydrogen) atoms. The van der Waals surface area contributed by atoms with Crippen LogP contribution < -0.4 is 9.64 Å². The van der Waals surface area contributed by atoms with E-state index in [1.165, 1.54) is 25.7 Å². The van der Waals surface area contributed by atoms with Crippen LogP contribution in [-0.4, -0.2) is 30.3 Å². The molecule has 108 valence electrons. The lowest BCUT2D eigenvalue weighted by molar-refractivity contribution is 0.0692. The molecule has 4 heteroatoms. The summed E-state index contributed by atoms with van der Waals surface area (Å²) in [7, 11) is 0. The fourth-order valence-corrected chi connectivity index (χ4v) is 3.55. The van der Waals surface area contributed by atoms with Crippen LogP contribution >= 0.6 is 0 Å². The Morgan fingerprint density at radius 2 is 2.15 bits per heavy atom. The predicted molar refractivity (Wildman–Crippen MR) is 77.7 cm³/mol. The van der Waals surface area contributed by atoms with Gasteiger partial charge in [-0.2, -0.15) is 0 Å². The largest absolute Gasteiger partial charge is 0.489 e. The van der Waals surface area contributed by atoms with E-state index >= 15 is 0 Å². The summed E-state index contributed by atoms with van der Waals surface area (Å²) in [5.74, 6) is 0.336. The van der Waals surface area contributed by atoms with Gasteiger partial charge in [-0.15, -0.1) is 0 Å². The first-order valence-electron chi connectivity index (χ1n) is 7.44. The van der Waals surface area contributed by atoms with Crippen molar-refractivity contribution in [3.05, 3.63) is 23.8 Å². The van der Waals surface area contributed by atoms with Crippen LogP contribution in [0.2, 0.25) is 0 Å². The molecule has 1 fully saturated rings. The molecular weight excluding hydrogens is 254 g/mol. The van der Waals surface area contributed by atoms with E-state index < -0.39 is 5.97 Å². The zero-order valence-electron chi connectivity index (χ0n) is 11.8. The number of hydrogen-bond donors (Lipinski definition) is 1. The van der Waals surface area contributed by atoms with Crippen molar-refractivity contribution in [2.75, 3.05) is 18.1 Å². The minimum Gasteiger partial charge on any atom is -0.489 e. The summed E-state index contributed by atoms with van der Waals surface area (Å²) in [6.07, 6.45) is 5.21. The number of ether oxygens (including phenoxy) is 1. The molecule has 1 heterocycles. The molecular formula is C16H21NO3. The van der Waals surface area contributed by atoms with E-state index in [1.54, 1.807) is 6.07 Å². The van der Waals surface area contributed by atoms with Gasteiger partial charge in [0.15, 0.2) is 5.75 Å². The van der Waals surface area contributed by atoms with Gasteiger partial charge in [-0.3, -0.25) is 0 Å². The summed E-state index contributed by atoms with van der Waals surface area (Å²) >= 11 is 0. The van der Waals surface area contributed by atoms with Crippen LogP contribution in [0.1, 0.15) is 43.0 Å². The second-order valence-corrected chi connectivity index (χ2v) is 5.79. The highest BCUT2D eigenvalue weighted by Gasteiger charge is 2.31. The van der Waals surface area contributed by atoms with Gasteiger partial charge in [0.25, 0.3) is 0 Å². The number of carboxylic acids is 1. The normalized spacial score (nSPS) is 20.4. The lowest BCUT2D eigenvalue weighted by atomic mass is 9.96. The molecule has 0 radical (unpaired) electrons. The van der Waals surface area contributed by atoms with Gasteiger partial charge in [0.1, 0.15) is 12.2 Å². The number of fused-ring (bicyclic) bond motifs is 1.